The number of likely N-dealkylation sites (N-methyl/N-ethyl adjacent to an activating group) is 1. The highest BCUT2D eigenvalue weighted by molar-refractivity contribution is 6.09. The molecular formula is C62H59F6N10O7+. The number of carbonyl (C=O) groups is 3. The van der Waals surface area contributed by atoms with E-state index in [0.29, 0.717) is 38.0 Å². The van der Waals surface area contributed by atoms with Crippen LogP contribution in [0.4, 0.5) is 37.7 Å². The fourth-order valence-electron chi connectivity index (χ4n) is 11.0. The predicted octanol–water partition coefficient (Wildman–Crippen LogP) is 9.40. The number of hydrogen-bond donors (Lipinski definition) is 5. The Hall–Kier alpha value is -8.96. The van der Waals surface area contributed by atoms with Crippen molar-refractivity contribution in [1.29, 1.82) is 0 Å². The van der Waals surface area contributed by atoms with E-state index in [-0.39, 0.29) is 87.8 Å². The topological polar surface area (TPSA) is 197 Å². The number of rotatable bonds is 20. The van der Waals surface area contributed by atoms with Gasteiger partial charge >= 0.3 is 11.9 Å². The Morgan fingerprint density at radius 3 is 2.15 bits per heavy atom. The molecule has 3 saturated heterocycles. The van der Waals surface area contributed by atoms with Crippen molar-refractivity contribution >= 4 is 62.2 Å². The summed E-state index contributed by atoms with van der Waals surface area (Å²) < 4.78 is 106. The van der Waals surface area contributed by atoms with Crippen LogP contribution < -0.4 is 35.1 Å². The molecule has 5 aliphatic rings. The number of carbonyl (C=O) groups excluding carboxylic acids is 2. The molecule has 5 N–H and O–H groups in total. The second-order valence-corrected chi connectivity index (χ2v) is 21.9. The number of benzene rings is 6. The van der Waals surface area contributed by atoms with Crippen LogP contribution in [-0.4, -0.2) is 152 Å². The normalized spacial score (nSPS) is 15.8. The first-order valence-corrected chi connectivity index (χ1v) is 28.1. The minimum atomic E-state index is -3.05. The molecule has 2 amide bonds. The number of piperazine rings is 1. The number of hydrogen-bond acceptors (Lipinski definition) is 11. The molecular weight excluding hydrogens is 1110 g/mol. The van der Waals surface area contributed by atoms with Crippen molar-refractivity contribution in [3.8, 4) is 51.0 Å². The fourth-order valence-corrected chi connectivity index (χ4v) is 11.0. The third kappa shape index (κ3) is 12.2. The van der Waals surface area contributed by atoms with Crippen LogP contribution in [0.1, 0.15) is 46.4 Å². The molecule has 0 unspecified atom stereocenters. The van der Waals surface area contributed by atoms with Crippen LogP contribution in [0.3, 0.4) is 0 Å². The molecule has 23 heteroatoms. The van der Waals surface area contributed by atoms with Crippen LogP contribution >= 0.6 is 0 Å². The second-order valence-electron chi connectivity index (χ2n) is 21.9. The maximum atomic E-state index is 15.8. The van der Waals surface area contributed by atoms with E-state index in [2.05, 4.69) is 61.7 Å². The summed E-state index contributed by atoms with van der Waals surface area (Å²) in [6.07, 6.45) is 1.95. The zero-order valence-electron chi connectivity index (χ0n) is 46.2. The van der Waals surface area contributed by atoms with Gasteiger partial charge in [-0.2, -0.15) is 13.2 Å². The molecule has 7 aromatic rings. The third-order valence-corrected chi connectivity index (χ3v) is 15.6. The first-order chi connectivity index (χ1) is 40.9. The van der Waals surface area contributed by atoms with Gasteiger partial charge in [-0.1, -0.05) is 0 Å². The minimum Gasteiger partial charge on any atom is -0.494 e. The number of unbranched alkanes of at least 4 members (excludes halogenated alkanes) is 1. The van der Waals surface area contributed by atoms with Crippen LogP contribution in [-0.2, 0) is 9.53 Å². The fraction of sp³-hybridized carbons (Fsp3) is 0.323. The van der Waals surface area contributed by atoms with E-state index in [4.69, 9.17) is 23.9 Å². The Morgan fingerprint density at radius 1 is 0.706 bits per heavy atom. The number of carboxylic acids is 1. The van der Waals surface area contributed by atoms with Gasteiger partial charge in [-0.25, -0.2) is 32.5 Å². The Morgan fingerprint density at radius 2 is 1.42 bits per heavy atom. The number of amides is 2. The van der Waals surface area contributed by atoms with E-state index in [1.54, 1.807) is 0 Å². The lowest BCUT2D eigenvalue weighted by Gasteiger charge is -2.40. The number of H-pyrrole nitrogens is 2. The van der Waals surface area contributed by atoms with Crippen LogP contribution in [0.15, 0.2) is 108 Å². The summed E-state index contributed by atoms with van der Waals surface area (Å²) in [6, 6.07) is 28.1. The zero-order valence-corrected chi connectivity index (χ0v) is 46.2. The van der Waals surface area contributed by atoms with Gasteiger partial charge in [-0.05, 0) is 123 Å². The first-order valence-electron chi connectivity index (χ1n) is 28.1. The van der Waals surface area contributed by atoms with E-state index in [1.165, 1.54) is 36.0 Å². The molecule has 4 aliphatic heterocycles. The molecule has 12 rings (SSSR count). The number of aromatic nitrogens is 4. The van der Waals surface area contributed by atoms with Crippen molar-refractivity contribution in [2.45, 2.75) is 37.5 Å². The van der Waals surface area contributed by atoms with Gasteiger partial charge in [0.15, 0.2) is 5.82 Å². The summed E-state index contributed by atoms with van der Waals surface area (Å²) in [6.45, 7) is 2.30. The van der Waals surface area contributed by atoms with Crippen molar-refractivity contribution < 1.29 is 59.7 Å². The number of ether oxygens (including phenoxy) is 2. The van der Waals surface area contributed by atoms with E-state index in [0.717, 1.165) is 92.6 Å². The molecule has 1 aliphatic carbocycles. The van der Waals surface area contributed by atoms with E-state index < -0.39 is 61.5 Å². The van der Waals surface area contributed by atoms with Gasteiger partial charge in [0.25, 0.3) is 11.8 Å². The summed E-state index contributed by atoms with van der Waals surface area (Å²) in [7, 11) is 2.15. The lowest BCUT2D eigenvalue weighted by Crippen LogP contribution is -2.58. The quantitative estimate of drug-likeness (QED) is 0.0210. The zero-order chi connectivity index (χ0) is 59.1. The third-order valence-electron chi connectivity index (χ3n) is 15.6. The standard InChI is InChI=1S/C62H58F6N10O7/c1-75-18-20-76(21-19-75)39-10-15-48-50(27-39)74-58(72-48)37-9-14-47-49(26-37)73-57(71-47)36-6-11-40(12-7-36)84-23-3-2-5-55(79)69-17-24-83-22-4-16-70-59(80)38-8-13-41(60(81)82)42(25-38)56-43-28-45(63)51(77-32-61(65,66)33-77)30-53(43)85-54-31-52(46(64)29-44(54)56)78-34-62(67,68)35-78/h6-15,25-31H,2-5,16-24,32-35H2,1H3,(H4-,69,70,71,72,73,74,79,80,81,82)/p+1. The average molecular weight is 1170 g/mol. The Kier molecular flexibility index (Phi) is 15.5. The molecule has 3 fully saturated rings. The summed E-state index contributed by atoms with van der Waals surface area (Å²) in [5.74, 6) is -8.04. The van der Waals surface area contributed by atoms with Crippen molar-refractivity contribution in [2.24, 2.45) is 0 Å². The number of nitrogens with zero attached hydrogens (tertiary/aromatic N) is 6. The Bertz CT molecular complexity index is 4070. The maximum absolute atomic E-state index is 15.8. The number of aromatic amines is 2. The Balaban J connectivity index is 0.586. The highest BCUT2D eigenvalue weighted by atomic mass is 19.3. The monoisotopic (exact) mass is 1170 g/mol. The number of alkyl halides is 4. The van der Waals surface area contributed by atoms with Crippen molar-refractivity contribution in [3.05, 3.63) is 131 Å². The van der Waals surface area contributed by atoms with Crippen LogP contribution in [0.5, 0.6) is 5.75 Å². The summed E-state index contributed by atoms with van der Waals surface area (Å²) >= 11 is 0. The number of fused-ring (bicyclic) bond motifs is 4. The molecule has 440 valence electrons. The highest BCUT2D eigenvalue weighted by Gasteiger charge is 2.50. The smallest absolute Gasteiger partial charge is 0.361 e. The minimum absolute atomic E-state index is 0.00312. The molecule has 2 aromatic heterocycles. The molecule has 5 aromatic carbocycles. The lowest BCUT2D eigenvalue weighted by molar-refractivity contribution is -0.121. The van der Waals surface area contributed by atoms with E-state index in [1.807, 2.05) is 36.4 Å². The lowest BCUT2D eigenvalue weighted by atomic mass is 9.89. The first kappa shape index (κ1) is 56.5. The number of imidazole rings is 2. The van der Waals surface area contributed by atoms with E-state index >= 15 is 8.78 Å². The predicted molar refractivity (Wildman–Crippen MR) is 309 cm³/mol. The van der Waals surface area contributed by atoms with Crippen molar-refractivity contribution in [1.82, 2.24) is 40.0 Å². The number of nitrogens with one attached hydrogen (secondary N) is 4. The van der Waals surface area contributed by atoms with E-state index in [9.17, 15) is 37.1 Å². The molecule has 0 radical (unpaired) electrons. The largest absolute Gasteiger partial charge is 0.494 e. The molecule has 17 nitrogen and oxygen atoms in total. The van der Waals surface area contributed by atoms with Crippen LogP contribution in [0, 0.1) is 11.6 Å². The molecule has 6 heterocycles. The number of halogens is 6. The van der Waals surface area contributed by atoms with Gasteiger partial charge in [0.2, 0.25) is 24.4 Å². The summed E-state index contributed by atoms with van der Waals surface area (Å²) in [5, 5.41) is 15.6. The second kappa shape index (κ2) is 23.2. The van der Waals surface area contributed by atoms with Crippen LogP contribution in [0.2, 0.25) is 0 Å². The number of carboxylic acid groups (broad SMARTS) is 1. The molecule has 0 bridgehead atoms. The van der Waals surface area contributed by atoms with Crippen molar-refractivity contribution in [2.75, 3.05) is 102 Å². The molecule has 0 spiro atoms. The molecule has 85 heavy (non-hydrogen) atoms. The van der Waals surface area contributed by atoms with Crippen molar-refractivity contribution in [3.63, 3.8) is 0 Å². The maximum Gasteiger partial charge on any atom is 0.361 e. The summed E-state index contributed by atoms with van der Waals surface area (Å²) in [4.78, 5) is 61.3. The van der Waals surface area contributed by atoms with Gasteiger partial charge in [-0.15, -0.1) is 0 Å². The Labute approximate surface area is 482 Å². The van der Waals surface area contributed by atoms with Gasteiger partial charge in [0, 0.05) is 97.3 Å². The van der Waals surface area contributed by atoms with Gasteiger partial charge < -0.3 is 54.3 Å². The molecule has 0 atom stereocenters. The SMILES string of the molecule is CN1CCN(c2ccc3nc(-c4ccc5nc(-c6ccc(OCCCCC(=O)NCCOCCCNC(=O)c7ccc(C(=O)O)c(-c8c9cc(F)c(=[N+]%10CC(F)(F)C%10)cc-9oc9cc(N%10CC(F)(F)C%10)c(F)cc89)c7)cc6)[nH]c5c4)[nH]c3c2)CC1. The van der Waals surface area contributed by atoms with Gasteiger partial charge in [0.1, 0.15) is 34.6 Å². The van der Waals surface area contributed by atoms with Crippen LogP contribution in [0.25, 0.3) is 78.3 Å². The number of anilines is 2. The summed E-state index contributed by atoms with van der Waals surface area (Å²) in [5.41, 5.74) is 5.79. The van der Waals surface area contributed by atoms with Gasteiger partial charge in [0.05, 0.1) is 65.7 Å². The highest BCUT2D eigenvalue weighted by Crippen LogP contribution is 2.45. The average Bonchev–Trinajstić information content (AvgIpc) is 1.99. The number of aromatic carboxylic acids is 1. The van der Waals surface area contributed by atoms with Gasteiger partial charge in [-0.3, -0.25) is 9.59 Å². The molecule has 0 saturated carbocycles.